The molecule has 0 aliphatic heterocycles. The van der Waals surface area contributed by atoms with Crippen molar-refractivity contribution in [2.75, 3.05) is 5.32 Å². The number of carbonyl (C=O) groups is 3. The molecule has 9 heteroatoms. The zero-order valence-electron chi connectivity index (χ0n) is 16.1. The summed E-state index contributed by atoms with van der Waals surface area (Å²) in [6, 6.07) is 13.6. The van der Waals surface area contributed by atoms with E-state index in [2.05, 4.69) is 15.6 Å². The number of hydrogen-bond acceptors (Lipinski definition) is 6. The number of carbonyl (C=O) groups excluding carboxylic acids is 3. The van der Waals surface area contributed by atoms with Gasteiger partial charge in [0.1, 0.15) is 15.7 Å². The number of amides is 3. The number of para-hydroxylation sites is 1. The Morgan fingerprint density at radius 2 is 1.73 bits per heavy atom. The Hall–Kier alpha value is -3.59. The Morgan fingerprint density at radius 3 is 2.40 bits per heavy atom. The molecule has 1 atom stereocenters. The number of thiazole rings is 1. The first kappa shape index (κ1) is 21.1. The van der Waals surface area contributed by atoms with Crippen LogP contribution in [0.3, 0.4) is 0 Å². The van der Waals surface area contributed by atoms with Gasteiger partial charge in [-0.15, -0.1) is 11.3 Å². The van der Waals surface area contributed by atoms with Crippen LogP contribution in [-0.2, 0) is 9.53 Å². The number of halogens is 1. The molecule has 3 rings (SSSR count). The lowest BCUT2D eigenvalue weighted by atomic mass is 10.2. The average molecular weight is 427 g/mol. The fourth-order valence-electron chi connectivity index (χ4n) is 2.47. The van der Waals surface area contributed by atoms with Crippen LogP contribution in [0.2, 0.25) is 0 Å². The van der Waals surface area contributed by atoms with Crippen molar-refractivity contribution in [1.82, 2.24) is 10.3 Å². The molecule has 0 spiro atoms. The highest BCUT2D eigenvalue weighted by atomic mass is 32.1. The lowest BCUT2D eigenvalue weighted by molar-refractivity contribution is -0.127. The zero-order valence-corrected chi connectivity index (χ0v) is 17.0. The second-order valence-corrected chi connectivity index (χ2v) is 7.30. The molecule has 30 heavy (non-hydrogen) atoms. The van der Waals surface area contributed by atoms with Crippen LogP contribution in [0.4, 0.5) is 14.9 Å². The molecule has 1 heterocycles. The van der Waals surface area contributed by atoms with Crippen molar-refractivity contribution in [2.24, 2.45) is 0 Å². The molecule has 0 bridgehead atoms. The van der Waals surface area contributed by atoms with Crippen molar-refractivity contribution in [2.45, 2.75) is 20.0 Å². The fourth-order valence-corrected chi connectivity index (χ4v) is 3.42. The van der Waals surface area contributed by atoms with Crippen LogP contribution in [0.5, 0.6) is 0 Å². The van der Waals surface area contributed by atoms with Crippen LogP contribution in [0.1, 0.15) is 22.3 Å². The Morgan fingerprint density at radius 1 is 1.07 bits per heavy atom. The molecule has 0 saturated carbocycles. The first-order valence-electron chi connectivity index (χ1n) is 8.94. The maximum absolute atomic E-state index is 13.1. The molecule has 3 aromatic rings. The van der Waals surface area contributed by atoms with Crippen molar-refractivity contribution in [3.63, 3.8) is 0 Å². The standard InChI is InChI=1S/C21H18FN3O4S/c1-12-17(30-19(23-12)14-8-10-15(22)11-9-14)20(27)29-13(2)18(26)25-21(28)24-16-6-4-3-5-7-16/h3-11,13H,1-2H3,(H2,24,25,26,28). The first-order chi connectivity index (χ1) is 14.3. The first-order valence-corrected chi connectivity index (χ1v) is 9.76. The van der Waals surface area contributed by atoms with E-state index in [0.717, 1.165) is 11.3 Å². The molecule has 2 N–H and O–H groups in total. The van der Waals surface area contributed by atoms with Crippen molar-refractivity contribution in [3.05, 3.63) is 71.0 Å². The van der Waals surface area contributed by atoms with Gasteiger partial charge in [0.15, 0.2) is 6.10 Å². The Bertz CT molecular complexity index is 1070. The molecular formula is C21H18FN3O4S. The minimum Gasteiger partial charge on any atom is -0.448 e. The van der Waals surface area contributed by atoms with Crippen LogP contribution in [-0.4, -0.2) is 29.0 Å². The molecule has 1 unspecified atom stereocenters. The summed E-state index contributed by atoms with van der Waals surface area (Å²) < 4.78 is 18.3. The maximum Gasteiger partial charge on any atom is 0.351 e. The number of benzene rings is 2. The van der Waals surface area contributed by atoms with Crippen LogP contribution in [0.15, 0.2) is 54.6 Å². The summed E-state index contributed by atoms with van der Waals surface area (Å²) >= 11 is 1.08. The molecule has 0 saturated heterocycles. The largest absolute Gasteiger partial charge is 0.448 e. The summed E-state index contributed by atoms with van der Waals surface area (Å²) in [6.45, 7) is 3.00. The van der Waals surface area contributed by atoms with E-state index >= 15 is 0 Å². The molecule has 3 amide bonds. The lowest BCUT2D eigenvalue weighted by Crippen LogP contribution is -2.41. The predicted octanol–water partition coefficient (Wildman–Crippen LogP) is 4.15. The molecule has 0 fully saturated rings. The quantitative estimate of drug-likeness (QED) is 0.596. The number of hydrogen-bond donors (Lipinski definition) is 2. The van der Waals surface area contributed by atoms with Gasteiger partial charge in [0.25, 0.3) is 5.91 Å². The molecular weight excluding hydrogens is 409 g/mol. The van der Waals surface area contributed by atoms with Crippen LogP contribution in [0, 0.1) is 12.7 Å². The number of ether oxygens (including phenoxy) is 1. The van der Waals surface area contributed by atoms with E-state index in [0.29, 0.717) is 22.0 Å². The third kappa shape index (κ3) is 5.26. The normalized spacial score (nSPS) is 11.4. The number of anilines is 1. The zero-order chi connectivity index (χ0) is 21.7. The van der Waals surface area contributed by atoms with Crippen LogP contribution in [0.25, 0.3) is 10.6 Å². The highest BCUT2D eigenvalue weighted by molar-refractivity contribution is 7.17. The van der Waals surface area contributed by atoms with E-state index in [-0.39, 0.29) is 10.7 Å². The van der Waals surface area contributed by atoms with E-state index in [1.54, 1.807) is 49.4 Å². The highest BCUT2D eigenvalue weighted by Gasteiger charge is 2.24. The molecule has 0 radical (unpaired) electrons. The van der Waals surface area contributed by atoms with E-state index in [1.165, 1.54) is 19.1 Å². The van der Waals surface area contributed by atoms with Gasteiger partial charge in [-0.25, -0.2) is 19.0 Å². The van der Waals surface area contributed by atoms with Gasteiger partial charge in [-0.3, -0.25) is 10.1 Å². The number of aryl methyl sites for hydroxylation is 1. The van der Waals surface area contributed by atoms with Gasteiger partial charge in [0.05, 0.1) is 5.69 Å². The van der Waals surface area contributed by atoms with Crippen molar-refractivity contribution >= 4 is 34.9 Å². The van der Waals surface area contributed by atoms with Crippen molar-refractivity contribution in [1.29, 1.82) is 0 Å². The van der Waals surface area contributed by atoms with Crippen molar-refractivity contribution in [3.8, 4) is 10.6 Å². The monoisotopic (exact) mass is 427 g/mol. The second-order valence-electron chi connectivity index (χ2n) is 6.30. The molecule has 0 aliphatic rings. The van der Waals surface area contributed by atoms with Gasteiger partial charge in [0, 0.05) is 11.3 Å². The molecule has 0 aliphatic carbocycles. The van der Waals surface area contributed by atoms with E-state index < -0.39 is 24.0 Å². The smallest absolute Gasteiger partial charge is 0.351 e. The lowest BCUT2D eigenvalue weighted by Gasteiger charge is -2.13. The van der Waals surface area contributed by atoms with Gasteiger partial charge in [0.2, 0.25) is 0 Å². The topological polar surface area (TPSA) is 97.4 Å². The summed E-state index contributed by atoms with van der Waals surface area (Å²) in [7, 11) is 0. The number of urea groups is 1. The predicted molar refractivity (Wildman–Crippen MR) is 111 cm³/mol. The number of nitrogens with zero attached hydrogens (tertiary/aromatic N) is 1. The van der Waals surface area contributed by atoms with E-state index in [9.17, 15) is 18.8 Å². The van der Waals surface area contributed by atoms with E-state index in [1.807, 2.05) is 0 Å². The minimum absolute atomic E-state index is 0.225. The molecule has 7 nitrogen and oxygen atoms in total. The minimum atomic E-state index is -1.20. The summed E-state index contributed by atoms with van der Waals surface area (Å²) in [5, 5.41) is 5.15. The number of nitrogens with one attached hydrogen (secondary N) is 2. The Kier molecular flexibility index (Phi) is 6.53. The second kappa shape index (κ2) is 9.27. The molecule has 1 aromatic heterocycles. The Balaban J connectivity index is 1.60. The highest BCUT2D eigenvalue weighted by Crippen LogP contribution is 2.28. The van der Waals surface area contributed by atoms with E-state index in [4.69, 9.17) is 4.74 Å². The average Bonchev–Trinajstić information content (AvgIpc) is 3.10. The van der Waals surface area contributed by atoms with Crippen LogP contribution < -0.4 is 10.6 Å². The molecule has 154 valence electrons. The van der Waals surface area contributed by atoms with Crippen LogP contribution >= 0.6 is 11.3 Å². The van der Waals surface area contributed by atoms with Gasteiger partial charge in [-0.2, -0.15) is 0 Å². The SMILES string of the molecule is Cc1nc(-c2ccc(F)cc2)sc1C(=O)OC(C)C(=O)NC(=O)Nc1ccccc1. The van der Waals surface area contributed by atoms with Gasteiger partial charge in [-0.1, -0.05) is 18.2 Å². The molecule has 2 aromatic carbocycles. The number of rotatable bonds is 5. The number of esters is 1. The summed E-state index contributed by atoms with van der Waals surface area (Å²) in [4.78, 5) is 41.1. The maximum atomic E-state index is 13.1. The summed E-state index contributed by atoms with van der Waals surface area (Å²) in [5.41, 5.74) is 1.60. The summed E-state index contributed by atoms with van der Waals surface area (Å²) in [6.07, 6.45) is -1.20. The number of imide groups is 1. The fraction of sp³-hybridized carbons (Fsp3) is 0.143. The number of aromatic nitrogens is 1. The van der Waals surface area contributed by atoms with Gasteiger partial charge < -0.3 is 10.1 Å². The third-order valence-corrected chi connectivity index (χ3v) is 5.18. The summed E-state index contributed by atoms with van der Waals surface area (Å²) in [5.74, 6) is -1.87. The van der Waals surface area contributed by atoms with Gasteiger partial charge in [-0.05, 0) is 50.2 Å². The van der Waals surface area contributed by atoms with Crippen molar-refractivity contribution < 1.29 is 23.5 Å². The third-order valence-electron chi connectivity index (χ3n) is 3.99. The van der Waals surface area contributed by atoms with Gasteiger partial charge >= 0.3 is 12.0 Å². The Labute approximate surface area is 175 Å².